The maximum Gasteiger partial charge on any atom is 0.226 e. The SMILES string of the molecule is Cc1nnc(CSc2ccc(C)c(C)c2)o1. The van der Waals surface area contributed by atoms with Gasteiger partial charge in [-0.15, -0.1) is 22.0 Å². The zero-order valence-electron chi connectivity index (χ0n) is 9.65. The van der Waals surface area contributed by atoms with Crippen LogP contribution in [0.1, 0.15) is 22.9 Å². The molecule has 0 aliphatic rings. The number of thioether (sulfide) groups is 1. The highest BCUT2D eigenvalue weighted by molar-refractivity contribution is 7.98. The molecule has 0 aliphatic carbocycles. The number of nitrogens with zero attached hydrogens (tertiary/aromatic N) is 2. The minimum atomic E-state index is 0.621. The van der Waals surface area contributed by atoms with Crippen molar-refractivity contribution in [1.82, 2.24) is 10.2 Å². The third-order valence-corrected chi connectivity index (χ3v) is 3.39. The lowest BCUT2D eigenvalue weighted by Gasteiger charge is -2.03. The summed E-state index contributed by atoms with van der Waals surface area (Å²) < 4.78 is 5.32. The summed E-state index contributed by atoms with van der Waals surface area (Å²) in [6.45, 7) is 6.04. The molecule has 0 bridgehead atoms. The monoisotopic (exact) mass is 234 g/mol. The summed E-state index contributed by atoms with van der Waals surface area (Å²) in [5.74, 6) is 2.03. The fourth-order valence-electron chi connectivity index (χ4n) is 1.34. The van der Waals surface area contributed by atoms with E-state index >= 15 is 0 Å². The molecular formula is C12H14N2OS. The van der Waals surface area contributed by atoms with Crippen molar-refractivity contribution in [2.75, 3.05) is 0 Å². The van der Waals surface area contributed by atoms with E-state index in [9.17, 15) is 0 Å². The molecule has 0 fully saturated rings. The summed E-state index contributed by atoms with van der Waals surface area (Å²) >= 11 is 1.71. The first-order valence-electron chi connectivity index (χ1n) is 5.14. The van der Waals surface area contributed by atoms with Crippen LogP contribution in [0.5, 0.6) is 0 Å². The Morgan fingerprint density at radius 2 is 1.94 bits per heavy atom. The quantitative estimate of drug-likeness (QED) is 0.764. The molecule has 0 N–H and O–H groups in total. The van der Waals surface area contributed by atoms with Crippen molar-refractivity contribution in [3.05, 3.63) is 41.1 Å². The molecule has 4 heteroatoms. The van der Waals surface area contributed by atoms with Gasteiger partial charge in [0.15, 0.2) is 0 Å². The molecular weight excluding hydrogens is 220 g/mol. The van der Waals surface area contributed by atoms with Crippen LogP contribution in [0.15, 0.2) is 27.5 Å². The molecule has 2 aromatic rings. The van der Waals surface area contributed by atoms with Gasteiger partial charge in [-0.25, -0.2) is 0 Å². The fourth-order valence-corrected chi connectivity index (χ4v) is 2.18. The van der Waals surface area contributed by atoms with E-state index in [0.29, 0.717) is 11.8 Å². The first-order chi connectivity index (χ1) is 7.65. The minimum absolute atomic E-state index is 0.621. The molecule has 16 heavy (non-hydrogen) atoms. The predicted octanol–water partition coefficient (Wildman–Crippen LogP) is 3.29. The van der Waals surface area contributed by atoms with Crippen molar-refractivity contribution in [2.24, 2.45) is 0 Å². The molecule has 1 aromatic carbocycles. The van der Waals surface area contributed by atoms with Crippen LogP contribution in [0.2, 0.25) is 0 Å². The Labute approximate surface area is 99.3 Å². The molecule has 0 saturated heterocycles. The molecule has 0 spiro atoms. The summed E-state index contributed by atoms with van der Waals surface area (Å²) in [7, 11) is 0. The van der Waals surface area contributed by atoms with Gasteiger partial charge in [-0.1, -0.05) is 6.07 Å². The number of hydrogen-bond donors (Lipinski definition) is 0. The lowest BCUT2D eigenvalue weighted by Crippen LogP contribution is -1.83. The third kappa shape index (κ3) is 2.64. The number of benzene rings is 1. The number of hydrogen-bond acceptors (Lipinski definition) is 4. The standard InChI is InChI=1S/C12H14N2OS/c1-8-4-5-11(6-9(8)2)16-7-12-14-13-10(3)15-12/h4-6H,7H2,1-3H3. The van der Waals surface area contributed by atoms with Gasteiger partial charge in [0.25, 0.3) is 0 Å². The Morgan fingerprint density at radius 3 is 2.56 bits per heavy atom. The van der Waals surface area contributed by atoms with Crippen molar-refractivity contribution in [2.45, 2.75) is 31.4 Å². The van der Waals surface area contributed by atoms with Crippen LogP contribution < -0.4 is 0 Å². The molecule has 0 amide bonds. The summed E-state index contributed by atoms with van der Waals surface area (Å²) in [6.07, 6.45) is 0. The molecule has 2 rings (SSSR count). The number of aromatic nitrogens is 2. The highest BCUT2D eigenvalue weighted by atomic mass is 32.2. The van der Waals surface area contributed by atoms with Crippen molar-refractivity contribution < 1.29 is 4.42 Å². The molecule has 0 unspecified atom stereocenters. The van der Waals surface area contributed by atoms with Gasteiger partial charge >= 0.3 is 0 Å². The molecule has 3 nitrogen and oxygen atoms in total. The van der Waals surface area contributed by atoms with Gasteiger partial charge in [0.2, 0.25) is 11.8 Å². The van der Waals surface area contributed by atoms with Crippen LogP contribution in [0.4, 0.5) is 0 Å². The van der Waals surface area contributed by atoms with Crippen LogP contribution in [-0.2, 0) is 5.75 Å². The van der Waals surface area contributed by atoms with Crippen LogP contribution in [0.3, 0.4) is 0 Å². The van der Waals surface area contributed by atoms with Gasteiger partial charge < -0.3 is 4.42 Å². The van der Waals surface area contributed by atoms with Crippen LogP contribution in [0.25, 0.3) is 0 Å². The first kappa shape index (κ1) is 11.2. The van der Waals surface area contributed by atoms with Gasteiger partial charge in [-0.3, -0.25) is 0 Å². The van der Waals surface area contributed by atoms with Crippen LogP contribution in [0, 0.1) is 20.8 Å². The van der Waals surface area contributed by atoms with Crippen LogP contribution in [-0.4, -0.2) is 10.2 Å². The minimum Gasteiger partial charge on any atom is -0.425 e. The zero-order chi connectivity index (χ0) is 11.5. The molecule has 0 saturated carbocycles. The zero-order valence-corrected chi connectivity index (χ0v) is 10.5. The van der Waals surface area contributed by atoms with Gasteiger partial charge in [0.1, 0.15) is 0 Å². The lowest BCUT2D eigenvalue weighted by molar-refractivity contribution is 0.485. The van der Waals surface area contributed by atoms with Crippen molar-refractivity contribution in [3.8, 4) is 0 Å². The van der Waals surface area contributed by atoms with E-state index in [1.165, 1.54) is 16.0 Å². The molecule has 1 heterocycles. The van der Waals surface area contributed by atoms with E-state index in [1.54, 1.807) is 18.7 Å². The normalized spacial score (nSPS) is 10.7. The number of rotatable bonds is 3. The predicted molar refractivity (Wildman–Crippen MR) is 64.5 cm³/mol. The highest BCUT2D eigenvalue weighted by Gasteiger charge is 2.03. The Hall–Kier alpha value is -1.29. The summed E-state index contributed by atoms with van der Waals surface area (Å²) in [5.41, 5.74) is 2.63. The van der Waals surface area contributed by atoms with Crippen molar-refractivity contribution in [1.29, 1.82) is 0 Å². The maximum atomic E-state index is 5.32. The van der Waals surface area contributed by atoms with E-state index in [2.05, 4.69) is 42.2 Å². The summed E-state index contributed by atoms with van der Waals surface area (Å²) in [5, 5.41) is 7.76. The van der Waals surface area contributed by atoms with E-state index in [0.717, 1.165) is 5.75 Å². The van der Waals surface area contributed by atoms with E-state index in [-0.39, 0.29) is 0 Å². The summed E-state index contributed by atoms with van der Waals surface area (Å²) in [6, 6.07) is 6.44. The topological polar surface area (TPSA) is 38.9 Å². The van der Waals surface area contributed by atoms with E-state index < -0.39 is 0 Å². The van der Waals surface area contributed by atoms with Crippen molar-refractivity contribution >= 4 is 11.8 Å². The van der Waals surface area contributed by atoms with E-state index in [4.69, 9.17) is 4.42 Å². The lowest BCUT2D eigenvalue weighted by atomic mass is 10.1. The maximum absolute atomic E-state index is 5.32. The largest absolute Gasteiger partial charge is 0.425 e. The molecule has 0 atom stereocenters. The van der Waals surface area contributed by atoms with Crippen LogP contribution >= 0.6 is 11.8 Å². The fraction of sp³-hybridized carbons (Fsp3) is 0.333. The second kappa shape index (κ2) is 4.70. The first-order valence-corrected chi connectivity index (χ1v) is 6.13. The molecule has 84 valence electrons. The second-order valence-corrected chi connectivity index (χ2v) is 4.80. The molecule has 0 radical (unpaired) electrons. The van der Waals surface area contributed by atoms with Gasteiger partial charge in [0, 0.05) is 11.8 Å². The van der Waals surface area contributed by atoms with Gasteiger partial charge in [-0.05, 0) is 37.1 Å². The Kier molecular flexibility index (Phi) is 3.29. The smallest absolute Gasteiger partial charge is 0.226 e. The highest BCUT2D eigenvalue weighted by Crippen LogP contribution is 2.24. The van der Waals surface area contributed by atoms with E-state index in [1.807, 2.05) is 0 Å². The molecule has 1 aromatic heterocycles. The second-order valence-electron chi connectivity index (χ2n) is 3.75. The average molecular weight is 234 g/mol. The average Bonchev–Trinajstić information content (AvgIpc) is 2.66. The Morgan fingerprint density at radius 1 is 1.12 bits per heavy atom. The Bertz CT molecular complexity index is 494. The summed E-state index contributed by atoms with van der Waals surface area (Å²) in [4.78, 5) is 1.24. The third-order valence-electron chi connectivity index (χ3n) is 2.41. The van der Waals surface area contributed by atoms with Gasteiger partial charge in [0.05, 0.1) is 5.75 Å². The number of aryl methyl sites for hydroxylation is 3. The van der Waals surface area contributed by atoms with Gasteiger partial charge in [-0.2, -0.15) is 0 Å². The Balaban J connectivity index is 2.02. The molecule has 0 aliphatic heterocycles. The van der Waals surface area contributed by atoms with Crippen molar-refractivity contribution in [3.63, 3.8) is 0 Å².